The van der Waals surface area contributed by atoms with Gasteiger partial charge < -0.3 is 18.9 Å². The maximum atomic E-state index is 13.5. The molecule has 0 unspecified atom stereocenters. The Morgan fingerprint density at radius 3 is 2.00 bits per heavy atom. The molecule has 0 spiro atoms. The normalized spacial score (nSPS) is 16.9. The van der Waals surface area contributed by atoms with Gasteiger partial charge in [0.05, 0.1) is 50.8 Å². The number of ether oxygens (including phenoxy) is 4. The van der Waals surface area contributed by atoms with Gasteiger partial charge in [0.15, 0.2) is 11.5 Å². The van der Waals surface area contributed by atoms with E-state index in [1.807, 2.05) is 6.92 Å². The number of unbranched alkanes of at least 4 members (excludes halogenated alkanes) is 1. The van der Waals surface area contributed by atoms with Crippen molar-refractivity contribution in [1.82, 2.24) is 4.90 Å². The number of hydrogen-bond donors (Lipinski definition) is 0. The van der Waals surface area contributed by atoms with Gasteiger partial charge in [-0.2, -0.15) is 26.3 Å². The van der Waals surface area contributed by atoms with E-state index >= 15 is 0 Å². The van der Waals surface area contributed by atoms with Crippen molar-refractivity contribution >= 4 is 17.9 Å². The molecule has 0 fully saturated rings. The second kappa shape index (κ2) is 13.0. The highest BCUT2D eigenvalue weighted by Gasteiger charge is 2.41. The molecule has 0 aliphatic carbocycles. The molecule has 2 atom stereocenters. The number of carbonyl (C=O) groups excluding carboxylic acids is 2. The van der Waals surface area contributed by atoms with Crippen LogP contribution in [0.4, 0.5) is 41.6 Å². The number of alkyl halides is 6. The van der Waals surface area contributed by atoms with Crippen LogP contribution in [0.1, 0.15) is 61.4 Å². The summed E-state index contributed by atoms with van der Waals surface area (Å²) < 4.78 is 102. The van der Waals surface area contributed by atoms with Crippen LogP contribution in [0.5, 0.6) is 11.5 Å². The van der Waals surface area contributed by atoms with Gasteiger partial charge in [0.1, 0.15) is 0 Å². The van der Waals surface area contributed by atoms with E-state index in [0.717, 1.165) is 18.4 Å². The van der Waals surface area contributed by atoms with Crippen LogP contribution >= 0.6 is 0 Å². The topological polar surface area (TPSA) is 77.5 Å². The van der Waals surface area contributed by atoms with Crippen LogP contribution in [0.25, 0.3) is 0 Å². The molecule has 0 bridgehead atoms. The van der Waals surface area contributed by atoms with Crippen LogP contribution in [0.3, 0.4) is 0 Å². The lowest BCUT2D eigenvalue weighted by Gasteiger charge is -2.42. The predicted molar refractivity (Wildman–Crippen MR) is 139 cm³/mol. The number of nitrogens with zero attached hydrogens (tertiary/aromatic N) is 2. The number of hydrogen-bond acceptors (Lipinski definition) is 6. The number of anilines is 1. The summed E-state index contributed by atoms with van der Waals surface area (Å²) in [5.74, 6) is 0.464. The molecule has 14 heteroatoms. The SMILES string of the molecule is CCCCOC(=O)N1c2cc(OC)c(OC)cc2[C@H](N(Cc2cc(C(F)(F)F)cc(C(F)(F)F)c2)C(=O)OC)C[C@@H]1C. The Morgan fingerprint density at radius 2 is 1.50 bits per heavy atom. The molecule has 8 nitrogen and oxygen atoms in total. The Labute approximate surface area is 239 Å². The number of benzene rings is 2. The van der Waals surface area contributed by atoms with Crippen molar-refractivity contribution < 1.29 is 54.9 Å². The first-order valence-electron chi connectivity index (χ1n) is 13.0. The van der Waals surface area contributed by atoms with E-state index in [0.29, 0.717) is 24.1 Å². The second-order valence-corrected chi connectivity index (χ2v) is 9.72. The van der Waals surface area contributed by atoms with E-state index in [4.69, 9.17) is 18.9 Å². The summed E-state index contributed by atoms with van der Waals surface area (Å²) in [4.78, 5) is 28.6. The fourth-order valence-electron chi connectivity index (χ4n) is 4.83. The van der Waals surface area contributed by atoms with Crippen molar-refractivity contribution in [2.45, 2.75) is 64.1 Å². The van der Waals surface area contributed by atoms with E-state index in [9.17, 15) is 35.9 Å². The first kappa shape index (κ1) is 32.7. The molecule has 0 N–H and O–H groups in total. The Balaban J connectivity index is 2.17. The molecule has 42 heavy (non-hydrogen) atoms. The van der Waals surface area contributed by atoms with Crippen LogP contribution in [0, 0.1) is 0 Å². The highest BCUT2D eigenvalue weighted by Crippen LogP contribution is 2.47. The van der Waals surface area contributed by atoms with Crippen LogP contribution in [-0.4, -0.2) is 51.1 Å². The van der Waals surface area contributed by atoms with Gasteiger partial charge >= 0.3 is 24.5 Å². The lowest BCUT2D eigenvalue weighted by atomic mass is 9.90. The highest BCUT2D eigenvalue weighted by molar-refractivity contribution is 5.91. The van der Waals surface area contributed by atoms with Crippen molar-refractivity contribution in [2.24, 2.45) is 0 Å². The molecule has 0 radical (unpaired) electrons. The summed E-state index contributed by atoms with van der Waals surface area (Å²) in [5, 5.41) is 0. The van der Waals surface area contributed by atoms with E-state index < -0.39 is 59.9 Å². The predicted octanol–water partition coefficient (Wildman–Crippen LogP) is 7.59. The van der Waals surface area contributed by atoms with E-state index in [-0.39, 0.29) is 36.3 Å². The van der Waals surface area contributed by atoms with Gasteiger partial charge in [-0.25, -0.2) is 9.59 Å². The van der Waals surface area contributed by atoms with E-state index in [1.54, 1.807) is 6.92 Å². The zero-order chi connectivity index (χ0) is 31.4. The summed E-state index contributed by atoms with van der Waals surface area (Å²) in [6, 6.07) is 2.57. The number of halogens is 6. The summed E-state index contributed by atoms with van der Waals surface area (Å²) >= 11 is 0. The quantitative estimate of drug-likeness (QED) is 0.228. The third kappa shape index (κ3) is 7.13. The van der Waals surface area contributed by atoms with Crippen LogP contribution in [0.15, 0.2) is 30.3 Å². The van der Waals surface area contributed by atoms with Crippen molar-refractivity contribution in [3.05, 3.63) is 52.6 Å². The zero-order valence-electron chi connectivity index (χ0n) is 23.7. The second-order valence-electron chi connectivity index (χ2n) is 9.72. The minimum absolute atomic E-state index is 0.0170. The molecule has 0 aromatic heterocycles. The molecule has 1 heterocycles. The Morgan fingerprint density at radius 1 is 0.929 bits per heavy atom. The fourth-order valence-corrected chi connectivity index (χ4v) is 4.83. The molecule has 0 saturated heterocycles. The van der Waals surface area contributed by atoms with E-state index in [1.165, 1.54) is 31.3 Å². The monoisotopic (exact) mass is 606 g/mol. The van der Waals surface area contributed by atoms with Crippen molar-refractivity contribution in [3.63, 3.8) is 0 Å². The number of carbonyl (C=O) groups is 2. The third-order valence-electron chi connectivity index (χ3n) is 6.86. The number of amides is 2. The van der Waals surface area contributed by atoms with Crippen molar-refractivity contribution in [1.29, 1.82) is 0 Å². The molecule has 2 amide bonds. The molecule has 0 saturated carbocycles. The highest BCUT2D eigenvalue weighted by atomic mass is 19.4. The summed E-state index contributed by atoms with van der Waals surface area (Å²) in [5.41, 5.74) is -2.85. The minimum Gasteiger partial charge on any atom is -0.493 e. The van der Waals surface area contributed by atoms with Gasteiger partial charge in [-0.1, -0.05) is 13.3 Å². The van der Waals surface area contributed by atoms with Gasteiger partial charge in [0.25, 0.3) is 0 Å². The van der Waals surface area contributed by atoms with Gasteiger partial charge in [-0.3, -0.25) is 9.80 Å². The molecule has 1 aliphatic heterocycles. The van der Waals surface area contributed by atoms with Crippen molar-refractivity contribution in [3.8, 4) is 11.5 Å². The molecule has 1 aliphatic rings. The smallest absolute Gasteiger partial charge is 0.416 e. The molecule has 2 aromatic rings. The lowest BCUT2D eigenvalue weighted by Crippen LogP contribution is -2.47. The molecule has 2 aromatic carbocycles. The van der Waals surface area contributed by atoms with Crippen LogP contribution in [0.2, 0.25) is 0 Å². The summed E-state index contributed by atoms with van der Waals surface area (Å²) in [6.45, 7) is 3.11. The molecule has 3 rings (SSSR count). The van der Waals surface area contributed by atoms with E-state index in [2.05, 4.69) is 0 Å². The van der Waals surface area contributed by atoms with Gasteiger partial charge in [0.2, 0.25) is 0 Å². The zero-order valence-corrected chi connectivity index (χ0v) is 23.7. The first-order valence-corrected chi connectivity index (χ1v) is 13.0. The fraction of sp³-hybridized carbons (Fsp3) is 0.500. The Hall–Kier alpha value is -3.84. The summed E-state index contributed by atoms with van der Waals surface area (Å²) in [7, 11) is 3.78. The lowest BCUT2D eigenvalue weighted by molar-refractivity contribution is -0.143. The third-order valence-corrected chi connectivity index (χ3v) is 6.86. The van der Waals surface area contributed by atoms with Crippen molar-refractivity contribution in [2.75, 3.05) is 32.8 Å². The maximum Gasteiger partial charge on any atom is 0.416 e. The summed E-state index contributed by atoms with van der Waals surface area (Å²) in [6.07, 6.45) is -10.3. The van der Waals surface area contributed by atoms with Crippen LogP contribution in [-0.2, 0) is 28.4 Å². The average molecular weight is 607 g/mol. The number of fused-ring (bicyclic) bond motifs is 1. The minimum atomic E-state index is -5.07. The first-order chi connectivity index (χ1) is 19.7. The standard InChI is InChI=1S/C28H32F6N2O6/c1-6-7-8-42-26(38)36-16(2)9-21(20-13-23(39-3)24(40-4)14-22(20)36)35(25(37)41-5)15-17-10-18(27(29,30)31)12-19(11-17)28(32,33)34/h10-14,16,21H,6-9,15H2,1-5H3/t16-,21+/m0/s1. The number of methoxy groups -OCH3 is 3. The molecule has 232 valence electrons. The molecular formula is C28H32F6N2O6. The largest absolute Gasteiger partial charge is 0.493 e. The average Bonchev–Trinajstić information content (AvgIpc) is 2.93. The Bertz CT molecular complexity index is 1250. The molecular weight excluding hydrogens is 574 g/mol. The van der Waals surface area contributed by atoms with Gasteiger partial charge in [0, 0.05) is 24.2 Å². The number of rotatable bonds is 8. The van der Waals surface area contributed by atoms with Crippen LogP contribution < -0.4 is 14.4 Å². The van der Waals surface area contributed by atoms with Gasteiger partial charge in [-0.15, -0.1) is 0 Å². The maximum absolute atomic E-state index is 13.5. The Kier molecular flexibility index (Phi) is 10.1. The van der Waals surface area contributed by atoms with Gasteiger partial charge in [-0.05, 0) is 49.6 Å².